The van der Waals surface area contributed by atoms with E-state index in [2.05, 4.69) is 20.6 Å². The predicted octanol–water partition coefficient (Wildman–Crippen LogP) is 4.71. The molecule has 3 aromatic rings. The molecule has 0 aliphatic heterocycles. The van der Waals surface area contributed by atoms with Gasteiger partial charge < -0.3 is 55.5 Å². The van der Waals surface area contributed by atoms with Crippen LogP contribution in [-0.2, 0) is 35.2 Å². The number of carboxylic acids is 2. The molecule has 23 heteroatoms. The third-order valence-electron chi connectivity index (χ3n) is 15.2. The number of carbonyl (C=O) groups excluding carboxylic acids is 4. The van der Waals surface area contributed by atoms with Crippen molar-refractivity contribution >= 4 is 84.5 Å². The summed E-state index contributed by atoms with van der Waals surface area (Å²) in [5.41, 5.74) is -4.74. The smallest absolute Gasteiger partial charge is 0.480 e. The van der Waals surface area contributed by atoms with Crippen LogP contribution in [0.5, 0.6) is 0 Å². The average molecular weight is 1060 g/mol. The van der Waals surface area contributed by atoms with Crippen LogP contribution in [0.15, 0.2) is 58.9 Å². The zero-order valence-electron chi connectivity index (χ0n) is 40.3. The first-order chi connectivity index (χ1) is 33.9. The summed E-state index contributed by atoms with van der Waals surface area (Å²) in [4.78, 5) is 97.8. The first-order valence-electron chi connectivity index (χ1n) is 23.5. The maximum Gasteiger partial charge on any atom is 0.508 e. The van der Waals surface area contributed by atoms with E-state index in [0.717, 1.165) is 38.5 Å². The zero-order chi connectivity index (χ0) is 52.5. The van der Waals surface area contributed by atoms with E-state index in [1.807, 2.05) is 11.0 Å². The van der Waals surface area contributed by atoms with Crippen molar-refractivity contribution in [2.75, 3.05) is 36.7 Å². The summed E-state index contributed by atoms with van der Waals surface area (Å²) in [5.74, 6) is -6.29. The summed E-state index contributed by atoms with van der Waals surface area (Å²) < 4.78 is 27.7. The molecule has 390 valence electrons. The van der Waals surface area contributed by atoms with Gasteiger partial charge in [0.15, 0.2) is 12.3 Å². The highest BCUT2D eigenvalue weighted by Gasteiger charge is 2.75. The van der Waals surface area contributed by atoms with Crippen LogP contribution in [0.2, 0.25) is 0 Å². The van der Waals surface area contributed by atoms with Crippen molar-refractivity contribution in [1.82, 2.24) is 20.6 Å². The summed E-state index contributed by atoms with van der Waals surface area (Å²) in [6.45, 7) is 6.14. The van der Waals surface area contributed by atoms with E-state index in [4.69, 9.17) is 9.47 Å². The van der Waals surface area contributed by atoms with Gasteiger partial charge in [0.25, 0.3) is 11.5 Å². The number of nitrogens with zero attached hydrogens (tertiary/aromatic N) is 2. The number of H-pyrrole nitrogens is 1. The van der Waals surface area contributed by atoms with Crippen molar-refractivity contribution in [2.24, 2.45) is 28.6 Å². The fraction of sp³-hybridized carbons (Fsp3) is 0.551. The van der Waals surface area contributed by atoms with Gasteiger partial charge in [0.2, 0.25) is 11.7 Å². The highest BCUT2D eigenvalue weighted by atomic mass is 33.1. The number of aromatic nitrogens is 2. The Morgan fingerprint density at radius 1 is 1.03 bits per heavy atom. The second-order valence-corrected chi connectivity index (χ2v) is 23.3. The number of ketones is 1. The lowest BCUT2D eigenvalue weighted by Gasteiger charge is -2.62. The van der Waals surface area contributed by atoms with Crippen LogP contribution in [0.25, 0.3) is 10.9 Å². The Morgan fingerprint density at radius 3 is 2.49 bits per heavy atom. The van der Waals surface area contributed by atoms with Crippen molar-refractivity contribution < 1.29 is 68.2 Å². The number of amides is 2. The SMILES string of the molecule is Cc1nc2ccc(CN(C)c3ccc(C(=O)N[C@@H](CCC(=O)NC(CSSCCOC(=O)OCC(=O)C4(O)C(C)CC5C6CCC7=CC(O)C=CC7(C)[C@@]6(F)C(O)CC54C)C(=O)O)C(=O)O)s3)cc2c(=O)[nH]1. The number of anilines is 1. The first kappa shape index (κ1) is 54.4. The molecule has 4 aliphatic rings. The number of thiophene rings is 1. The van der Waals surface area contributed by atoms with Gasteiger partial charge in [-0.3, -0.25) is 19.2 Å². The Balaban J connectivity index is 0.810. The largest absolute Gasteiger partial charge is 0.508 e. The molecule has 11 atom stereocenters. The van der Waals surface area contributed by atoms with Crippen LogP contribution < -0.4 is 21.1 Å². The molecular weight excluding hydrogens is 998 g/mol. The lowest BCUT2D eigenvalue weighted by atomic mass is 9.44. The van der Waals surface area contributed by atoms with Crippen LogP contribution in [0.4, 0.5) is 14.2 Å². The number of alkyl halides is 1. The molecule has 2 amide bonds. The molecule has 3 fully saturated rings. The van der Waals surface area contributed by atoms with Crippen molar-refractivity contribution in [3.63, 3.8) is 0 Å². The molecule has 9 unspecified atom stereocenters. The number of carboxylic acid groups (broad SMARTS) is 2. The molecule has 72 heavy (non-hydrogen) atoms. The lowest BCUT2D eigenvalue weighted by molar-refractivity contribution is -0.219. The molecule has 1 aromatic carbocycles. The number of aliphatic hydroxyl groups excluding tert-OH is 2. The Bertz CT molecular complexity index is 2740. The first-order valence-corrected chi connectivity index (χ1v) is 26.8. The highest BCUT2D eigenvalue weighted by molar-refractivity contribution is 8.76. The van der Waals surface area contributed by atoms with E-state index < -0.39 is 113 Å². The monoisotopic (exact) mass is 1060 g/mol. The zero-order valence-corrected chi connectivity index (χ0v) is 42.8. The van der Waals surface area contributed by atoms with Crippen molar-refractivity contribution in [1.29, 1.82) is 0 Å². The van der Waals surface area contributed by atoms with Crippen LogP contribution in [0.1, 0.15) is 80.4 Å². The van der Waals surface area contributed by atoms with Gasteiger partial charge >= 0.3 is 18.1 Å². The fourth-order valence-corrected chi connectivity index (χ4v) is 14.3. The minimum Gasteiger partial charge on any atom is -0.480 e. The van der Waals surface area contributed by atoms with Gasteiger partial charge in [-0.05, 0) is 87.6 Å². The number of allylic oxidation sites excluding steroid dienone is 2. The van der Waals surface area contributed by atoms with Crippen LogP contribution in [0, 0.1) is 35.5 Å². The Hall–Kier alpha value is -5.33. The van der Waals surface area contributed by atoms with Crippen LogP contribution >= 0.6 is 32.9 Å². The van der Waals surface area contributed by atoms with Gasteiger partial charge in [-0.2, -0.15) is 0 Å². The van der Waals surface area contributed by atoms with Crippen molar-refractivity contribution in [2.45, 2.75) is 108 Å². The second kappa shape index (κ2) is 21.6. The Kier molecular flexibility index (Phi) is 16.4. The molecule has 0 bridgehead atoms. The number of hydrogen-bond donors (Lipinski definition) is 8. The molecule has 4 aliphatic carbocycles. The molecule has 7 rings (SSSR count). The number of halogens is 1. The summed E-state index contributed by atoms with van der Waals surface area (Å²) in [7, 11) is 3.96. The van der Waals surface area contributed by atoms with Crippen molar-refractivity contribution in [3.8, 4) is 0 Å². The number of aromatic amines is 1. The summed E-state index contributed by atoms with van der Waals surface area (Å²) in [6, 6.07) is 5.75. The number of aliphatic carboxylic acids is 2. The van der Waals surface area contributed by atoms with Gasteiger partial charge in [0, 0.05) is 48.3 Å². The van der Waals surface area contributed by atoms with E-state index in [0.29, 0.717) is 53.1 Å². The molecule has 2 heterocycles. The maximum absolute atomic E-state index is 17.5. The number of fused-ring (bicyclic) bond motifs is 6. The van der Waals surface area contributed by atoms with E-state index in [1.54, 1.807) is 65.1 Å². The Morgan fingerprint density at radius 2 is 1.76 bits per heavy atom. The number of ether oxygens (including phenoxy) is 2. The quantitative estimate of drug-likeness (QED) is 0.0329. The van der Waals surface area contributed by atoms with Crippen LogP contribution in [0.3, 0.4) is 0 Å². The lowest BCUT2D eigenvalue weighted by Crippen LogP contribution is -2.69. The summed E-state index contributed by atoms with van der Waals surface area (Å²) in [6.07, 6.45) is 1.35. The third kappa shape index (κ3) is 10.5. The van der Waals surface area contributed by atoms with Gasteiger partial charge in [0.1, 0.15) is 30.1 Å². The van der Waals surface area contributed by atoms with Gasteiger partial charge in [-0.25, -0.2) is 23.8 Å². The van der Waals surface area contributed by atoms with E-state index in [9.17, 15) is 59.1 Å². The molecule has 0 saturated heterocycles. The third-order valence-corrected chi connectivity index (χ3v) is 18.7. The molecule has 0 spiro atoms. The summed E-state index contributed by atoms with van der Waals surface area (Å²) >= 11 is 1.11. The van der Waals surface area contributed by atoms with Crippen molar-refractivity contribution in [3.05, 3.63) is 80.8 Å². The molecule has 3 saturated carbocycles. The van der Waals surface area contributed by atoms with Gasteiger partial charge in [-0.1, -0.05) is 65.3 Å². The number of carbonyl (C=O) groups is 6. The number of aryl methyl sites for hydroxylation is 1. The molecule has 19 nitrogen and oxygen atoms in total. The summed E-state index contributed by atoms with van der Waals surface area (Å²) in [5, 5.41) is 59.4. The average Bonchev–Trinajstić information content (AvgIpc) is 3.90. The standard InChI is InChI=1S/C49H60FN5O14S3/c1-25-18-32-31-8-7-28-20-29(56)14-15-46(28,3)48(31,50)37(57)21-47(32,4)49(25,67)38(58)23-69-45(66)68-16-17-70-71-24-35(44(64)65)53-39(59)12-10-34(43(62)63)54-42(61)36-11-13-40(72-36)55(5)22-27-6-9-33-30(19-27)41(60)52-26(2)51-33/h6,9,11,13-15,19-20,25,29,31-32,34-35,37,56-57,67H,7-8,10,12,16-18,21-24H2,1-5H3,(H,53,59)(H,54,61)(H,62,63)(H,64,65)(H,51,52,60)/t25?,29?,31?,32?,34-,35?,37?,46?,47?,48-,49?/m0/s1. The number of Topliss-reactive ketones (excluding diaryl/α,β-unsaturated/α-hetero) is 1. The number of rotatable bonds is 20. The molecule has 8 N–H and O–H groups in total. The molecule has 0 radical (unpaired) electrons. The highest BCUT2D eigenvalue weighted by Crippen LogP contribution is 2.70. The fourth-order valence-electron chi connectivity index (χ4n) is 11.5. The number of nitrogens with one attached hydrogen (secondary N) is 3. The topological polar surface area (TPSA) is 295 Å². The Labute approximate surface area is 425 Å². The predicted molar refractivity (Wildman–Crippen MR) is 267 cm³/mol. The number of aliphatic hydroxyl groups is 3. The van der Waals surface area contributed by atoms with Crippen LogP contribution in [-0.4, -0.2) is 139 Å². The number of hydrogen-bond acceptors (Lipinski definition) is 17. The minimum absolute atomic E-state index is 0.123. The molecular formula is C49H60FN5O14S3. The minimum atomic E-state index is -2.11. The van der Waals surface area contributed by atoms with E-state index >= 15 is 4.39 Å². The van der Waals surface area contributed by atoms with E-state index in [-0.39, 0.29) is 41.4 Å². The maximum atomic E-state index is 17.5. The molecule has 2 aromatic heterocycles. The van der Waals surface area contributed by atoms with E-state index in [1.165, 1.54) is 12.1 Å². The second-order valence-electron chi connectivity index (χ2n) is 19.6. The number of benzene rings is 1. The van der Waals surface area contributed by atoms with Gasteiger partial charge in [0.05, 0.1) is 33.0 Å². The van der Waals surface area contributed by atoms with Gasteiger partial charge in [-0.15, -0.1) is 11.3 Å². The normalized spacial score (nSPS) is 29.1.